The summed E-state index contributed by atoms with van der Waals surface area (Å²) < 4.78 is 0. The van der Waals surface area contributed by atoms with Gasteiger partial charge in [0.2, 0.25) is 11.8 Å². The zero-order valence-electron chi connectivity index (χ0n) is 23.4. The van der Waals surface area contributed by atoms with Gasteiger partial charge in [0, 0.05) is 25.9 Å². The highest BCUT2D eigenvalue weighted by Gasteiger charge is 2.38. The number of alkyl halides is 1. The van der Waals surface area contributed by atoms with Crippen molar-refractivity contribution in [3.8, 4) is 0 Å². The number of rotatable bonds is 11. The Morgan fingerprint density at radius 2 is 1.47 bits per heavy atom. The molecule has 3 unspecified atom stereocenters. The van der Waals surface area contributed by atoms with E-state index in [4.69, 9.17) is 0 Å². The van der Waals surface area contributed by atoms with E-state index in [9.17, 15) is 29.1 Å². The summed E-state index contributed by atoms with van der Waals surface area (Å²) in [5.41, 5.74) is 3.32. The van der Waals surface area contributed by atoms with Gasteiger partial charge in [-0.15, -0.1) is 0 Å². The molecule has 9 nitrogen and oxygen atoms in total. The molecule has 0 aliphatic carbocycles. The van der Waals surface area contributed by atoms with Crippen LogP contribution in [0.1, 0.15) is 56.7 Å². The van der Waals surface area contributed by atoms with Gasteiger partial charge in [-0.2, -0.15) is 0 Å². The minimum Gasteiger partial charge on any atom is -0.480 e. The molecule has 2 N–H and O–H groups in total. The van der Waals surface area contributed by atoms with Crippen molar-refractivity contribution in [2.75, 3.05) is 6.54 Å². The summed E-state index contributed by atoms with van der Waals surface area (Å²) >= 11 is 3.44. The molecule has 0 radical (unpaired) electrons. The molecule has 0 saturated heterocycles. The summed E-state index contributed by atoms with van der Waals surface area (Å²) in [6, 6.07) is 21.3. The van der Waals surface area contributed by atoms with Crippen molar-refractivity contribution in [1.82, 2.24) is 15.1 Å². The first-order valence-corrected chi connectivity index (χ1v) is 15.2. The fourth-order valence-electron chi connectivity index (χ4n) is 5.65. The zero-order valence-corrected chi connectivity index (χ0v) is 25.0. The third-order valence-electron chi connectivity index (χ3n) is 7.97. The lowest BCUT2D eigenvalue weighted by Crippen LogP contribution is -2.54. The fraction of sp³-hybridized carbons (Fsp3) is 0.303. The Kier molecular flexibility index (Phi) is 9.35. The maximum absolute atomic E-state index is 13.8. The number of carboxylic acid groups (broad SMARTS) is 1. The van der Waals surface area contributed by atoms with Gasteiger partial charge < -0.3 is 15.3 Å². The molecule has 0 spiro atoms. The minimum absolute atomic E-state index is 0.126. The van der Waals surface area contributed by atoms with E-state index in [0.29, 0.717) is 30.4 Å². The number of carboxylic acids is 1. The highest BCUT2D eigenvalue weighted by molar-refractivity contribution is 9.10. The molecule has 10 heteroatoms. The molecular formula is C33H32BrN3O6. The molecule has 0 bridgehead atoms. The van der Waals surface area contributed by atoms with Crippen molar-refractivity contribution in [2.45, 2.75) is 55.6 Å². The lowest BCUT2D eigenvalue weighted by atomic mass is 10.0. The molecule has 3 aromatic rings. The molecule has 2 heterocycles. The maximum atomic E-state index is 13.8. The van der Waals surface area contributed by atoms with Crippen LogP contribution in [0.4, 0.5) is 0 Å². The number of aliphatic carboxylic acids is 1. The second-order valence-electron chi connectivity index (χ2n) is 10.8. The number of amides is 4. The molecule has 0 saturated carbocycles. The summed E-state index contributed by atoms with van der Waals surface area (Å²) in [4.78, 5) is 66.6. The topological polar surface area (TPSA) is 124 Å². The first-order chi connectivity index (χ1) is 20.7. The number of nitrogens with one attached hydrogen (secondary N) is 1. The van der Waals surface area contributed by atoms with Crippen molar-refractivity contribution >= 4 is 45.5 Å². The maximum Gasteiger partial charge on any atom is 0.326 e. The number of halogens is 1. The van der Waals surface area contributed by atoms with E-state index in [1.165, 1.54) is 9.80 Å². The summed E-state index contributed by atoms with van der Waals surface area (Å²) in [7, 11) is 0. The molecule has 0 fully saturated rings. The van der Waals surface area contributed by atoms with Gasteiger partial charge in [0.25, 0.3) is 11.8 Å². The highest BCUT2D eigenvalue weighted by Crippen LogP contribution is 2.25. The molecular weight excluding hydrogens is 614 g/mol. The molecule has 3 atom stereocenters. The molecule has 43 heavy (non-hydrogen) atoms. The summed E-state index contributed by atoms with van der Waals surface area (Å²) in [6.07, 6.45) is 1.88. The number of imide groups is 1. The average molecular weight is 647 g/mol. The van der Waals surface area contributed by atoms with Crippen LogP contribution < -0.4 is 5.32 Å². The van der Waals surface area contributed by atoms with E-state index >= 15 is 0 Å². The van der Waals surface area contributed by atoms with Gasteiger partial charge in [-0.25, -0.2) is 4.79 Å². The molecule has 2 aliphatic rings. The monoisotopic (exact) mass is 645 g/mol. The van der Waals surface area contributed by atoms with Gasteiger partial charge in [-0.05, 0) is 41.7 Å². The largest absolute Gasteiger partial charge is 0.480 e. The van der Waals surface area contributed by atoms with Crippen LogP contribution in [-0.2, 0) is 33.8 Å². The molecule has 4 amide bonds. The van der Waals surface area contributed by atoms with Gasteiger partial charge in [0.1, 0.15) is 12.1 Å². The Morgan fingerprint density at radius 1 is 0.860 bits per heavy atom. The number of hydrogen-bond donors (Lipinski definition) is 2. The quantitative estimate of drug-likeness (QED) is 0.185. The third-order valence-corrected chi connectivity index (χ3v) is 8.84. The predicted octanol–water partition coefficient (Wildman–Crippen LogP) is 3.98. The Hall–Kier alpha value is -4.31. The van der Waals surface area contributed by atoms with E-state index in [0.717, 1.165) is 16.7 Å². The van der Waals surface area contributed by atoms with Gasteiger partial charge in [0.05, 0.1) is 16.0 Å². The van der Waals surface area contributed by atoms with Crippen LogP contribution in [0.15, 0.2) is 78.9 Å². The molecule has 0 aromatic heterocycles. The third kappa shape index (κ3) is 6.69. The van der Waals surface area contributed by atoms with Crippen LogP contribution in [0, 0.1) is 0 Å². The minimum atomic E-state index is -1.11. The SMILES string of the molecule is O=C(NC1Cc2ccccc2CN(C(Cc2ccccc2)C(=O)O)C1=O)C(Br)CCCCN1C(=O)c2ccccc2C1=O. The lowest BCUT2D eigenvalue weighted by Gasteiger charge is -2.31. The van der Waals surface area contributed by atoms with Gasteiger partial charge in [0.15, 0.2) is 0 Å². The molecule has 222 valence electrons. The highest BCUT2D eigenvalue weighted by atomic mass is 79.9. The number of fused-ring (bicyclic) bond motifs is 2. The Labute approximate surface area is 258 Å². The van der Waals surface area contributed by atoms with Crippen molar-refractivity contribution in [3.63, 3.8) is 0 Å². The normalized spacial score (nSPS) is 17.6. The second kappa shape index (κ2) is 13.3. The van der Waals surface area contributed by atoms with E-state index in [-0.39, 0.29) is 43.7 Å². The van der Waals surface area contributed by atoms with E-state index in [1.807, 2.05) is 54.6 Å². The molecule has 5 rings (SSSR count). The van der Waals surface area contributed by atoms with Crippen molar-refractivity contribution in [1.29, 1.82) is 0 Å². The Bertz CT molecular complexity index is 1510. The number of carbonyl (C=O) groups excluding carboxylic acids is 4. The fourth-order valence-corrected chi connectivity index (χ4v) is 6.11. The van der Waals surface area contributed by atoms with Crippen LogP contribution in [0.25, 0.3) is 0 Å². The average Bonchev–Trinajstić information content (AvgIpc) is 3.16. The predicted molar refractivity (Wildman–Crippen MR) is 163 cm³/mol. The molecule has 2 aliphatic heterocycles. The smallest absolute Gasteiger partial charge is 0.326 e. The van der Waals surface area contributed by atoms with Gasteiger partial charge >= 0.3 is 5.97 Å². The number of carbonyl (C=O) groups is 5. The number of nitrogens with zero attached hydrogens (tertiary/aromatic N) is 2. The number of hydrogen-bond acceptors (Lipinski definition) is 5. The van der Waals surface area contributed by atoms with Crippen molar-refractivity contribution in [3.05, 3.63) is 107 Å². The van der Waals surface area contributed by atoms with Crippen LogP contribution >= 0.6 is 15.9 Å². The van der Waals surface area contributed by atoms with Crippen LogP contribution in [-0.4, -0.2) is 68.0 Å². The zero-order chi connectivity index (χ0) is 30.5. The Balaban J connectivity index is 1.22. The van der Waals surface area contributed by atoms with Gasteiger partial charge in [-0.3, -0.25) is 24.1 Å². The van der Waals surface area contributed by atoms with Crippen LogP contribution in [0.5, 0.6) is 0 Å². The Morgan fingerprint density at radius 3 is 2.12 bits per heavy atom. The number of unbranched alkanes of at least 4 members (excludes halogenated alkanes) is 1. The summed E-state index contributed by atoms with van der Waals surface area (Å²) in [5, 5.41) is 13.0. The number of benzene rings is 3. The standard InChI is InChI=1S/C33H32BrN3O6/c34-26(16-8-9-17-36-30(39)24-14-6-7-15-25(24)31(36)40)29(38)35-27-19-22-12-4-5-13-23(22)20-37(32(27)41)28(33(42)43)18-21-10-2-1-3-11-21/h1-7,10-15,26-28H,8-9,16-20H2,(H,35,38)(H,42,43). The van der Waals surface area contributed by atoms with Crippen LogP contribution in [0.2, 0.25) is 0 Å². The van der Waals surface area contributed by atoms with Crippen molar-refractivity contribution < 1.29 is 29.1 Å². The van der Waals surface area contributed by atoms with E-state index < -0.39 is 28.8 Å². The lowest BCUT2D eigenvalue weighted by molar-refractivity contribution is -0.151. The van der Waals surface area contributed by atoms with E-state index in [1.54, 1.807) is 24.3 Å². The van der Waals surface area contributed by atoms with Crippen molar-refractivity contribution in [2.24, 2.45) is 0 Å². The van der Waals surface area contributed by atoms with Crippen LogP contribution in [0.3, 0.4) is 0 Å². The van der Waals surface area contributed by atoms with E-state index in [2.05, 4.69) is 21.2 Å². The second-order valence-corrected chi connectivity index (χ2v) is 11.9. The first-order valence-electron chi connectivity index (χ1n) is 14.3. The van der Waals surface area contributed by atoms with Gasteiger partial charge in [-0.1, -0.05) is 89.1 Å². The summed E-state index contributed by atoms with van der Waals surface area (Å²) in [5.74, 6) is -2.56. The summed E-state index contributed by atoms with van der Waals surface area (Å²) in [6.45, 7) is 0.374. The first kappa shape index (κ1) is 30.2. The molecule has 3 aromatic carbocycles.